The molecule has 1 aromatic heterocycles. The molecule has 21 heavy (non-hydrogen) atoms. The van der Waals surface area contributed by atoms with Crippen LogP contribution in [0.1, 0.15) is 36.1 Å². The van der Waals surface area contributed by atoms with Gasteiger partial charge in [0.25, 0.3) is 0 Å². The van der Waals surface area contributed by atoms with Crippen molar-refractivity contribution in [2.24, 2.45) is 0 Å². The quantitative estimate of drug-likeness (QED) is 0.811. The van der Waals surface area contributed by atoms with E-state index in [0.717, 1.165) is 30.5 Å². The molecule has 1 unspecified atom stereocenters. The first-order valence-corrected chi connectivity index (χ1v) is 7.95. The molecule has 0 radical (unpaired) electrons. The molecule has 0 aliphatic heterocycles. The first-order chi connectivity index (χ1) is 10.1. The zero-order chi connectivity index (χ0) is 15.2. The lowest BCUT2D eigenvalue weighted by atomic mass is 9.99. The van der Waals surface area contributed by atoms with E-state index in [1.54, 1.807) is 0 Å². The molecule has 0 bridgehead atoms. The molecule has 0 fully saturated rings. The summed E-state index contributed by atoms with van der Waals surface area (Å²) >= 11 is 12.4. The van der Waals surface area contributed by atoms with Crippen molar-refractivity contribution in [2.45, 2.75) is 32.7 Å². The van der Waals surface area contributed by atoms with E-state index < -0.39 is 0 Å². The van der Waals surface area contributed by atoms with Crippen molar-refractivity contribution in [2.75, 3.05) is 6.54 Å². The lowest BCUT2D eigenvalue weighted by molar-refractivity contribution is 0.527. The highest BCUT2D eigenvalue weighted by molar-refractivity contribution is 6.42. The maximum Gasteiger partial charge on any atom is 0.0624 e. The van der Waals surface area contributed by atoms with Gasteiger partial charge in [0, 0.05) is 18.4 Å². The fourth-order valence-corrected chi connectivity index (χ4v) is 2.72. The molecule has 112 valence electrons. The summed E-state index contributed by atoms with van der Waals surface area (Å²) in [4.78, 5) is 4.30. The summed E-state index contributed by atoms with van der Waals surface area (Å²) in [6, 6.07) is 8.13. The summed E-state index contributed by atoms with van der Waals surface area (Å²) in [6.07, 6.45) is 5.66. The van der Waals surface area contributed by atoms with Gasteiger partial charge in [-0.2, -0.15) is 0 Å². The van der Waals surface area contributed by atoms with Gasteiger partial charge in [-0.1, -0.05) is 48.3 Å². The van der Waals surface area contributed by atoms with Crippen molar-refractivity contribution < 1.29 is 0 Å². The third-order valence-electron chi connectivity index (χ3n) is 3.39. The van der Waals surface area contributed by atoms with E-state index >= 15 is 0 Å². The molecule has 0 saturated heterocycles. The van der Waals surface area contributed by atoms with Crippen molar-refractivity contribution in [3.63, 3.8) is 0 Å². The molecule has 2 rings (SSSR count). The third-order valence-corrected chi connectivity index (χ3v) is 4.25. The highest BCUT2D eigenvalue weighted by atomic mass is 35.5. The number of hydrogen-bond acceptors (Lipinski definition) is 2. The van der Waals surface area contributed by atoms with Crippen LogP contribution in [0.15, 0.2) is 36.7 Å². The van der Waals surface area contributed by atoms with Crippen LogP contribution >= 0.6 is 23.2 Å². The highest BCUT2D eigenvalue weighted by Crippen LogP contribution is 2.29. The van der Waals surface area contributed by atoms with Gasteiger partial charge in [0.05, 0.1) is 10.0 Å². The maximum absolute atomic E-state index is 6.31. The van der Waals surface area contributed by atoms with Crippen LogP contribution in [-0.4, -0.2) is 11.5 Å². The molecule has 2 nitrogen and oxygen atoms in total. The SMILES string of the molecule is CCCNC(Cc1cccc(Cl)c1Cl)c1cncc(C)c1. The van der Waals surface area contributed by atoms with Gasteiger partial charge in [0.15, 0.2) is 0 Å². The van der Waals surface area contributed by atoms with Crippen molar-refractivity contribution in [1.82, 2.24) is 10.3 Å². The van der Waals surface area contributed by atoms with Crippen molar-refractivity contribution in [3.05, 3.63) is 63.4 Å². The number of nitrogens with one attached hydrogen (secondary N) is 1. The number of aromatic nitrogens is 1. The van der Waals surface area contributed by atoms with Crippen LogP contribution in [0.5, 0.6) is 0 Å². The van der Waals surface area contributed by atoms with Crippen LogP contribution < -0.4 is 5.32 Å². The van der Waals surface area contributed by atoms with E-state index in [1.165, 1.54) is 5.56 Å². The minimum absolute atomic E-state index is 0.188. The number of aryl methyl sites for hydroxylation is 1. The van der Waals surface area contributed by atoms with Gasteiger partial charge in [-0.3, -0.25) is 4.98 Å². The van der Waals surface area contributed by atoms with Gasteiger partial charge >= 0.3 is 0 Å². The highest BCUT2D eigenvalue weighted by Gasteiger charge is 2.15. The molecule has 0 aliphatic carbocycles. The number of nitrogens with zero attached hydrogens (tertiary/aromatic N) is 1. The van der Waals surface area contributed by atoms with Gasteiger partial charge in [-0.05, 0) is 49.1 Å². The van der Waals surface area contributed by atoms with Gasteiger partial charge < -0.3 is 5.32 Å². The Kier molecular flexibility index (Phi) is 6.04. The van der Waals surface area contributed by atoms with Crippen molar-refractivity contribution in [3.8, 4) is 0 Å². The van der Waals surface area contributed by atoms with E-state index in [1.807, 2.05) is 30.6 Å². The van der Waals surface area contributed by atoms with Crippen molar-refractivity contribution in [1.29, 1.82) is 0 Å². The molecule has 1 N–H and O–H groups in total. The molecule has 1 heterocycles. The molecular formula is C17H20Cl2N2. The number of halogens is 2. The zero-order valence-corrected chi connectivity index (χ0v) is 13.9. The molecule has 1 atom stereocenters. The molecule has 0 saturated carbocycles. The number of pyridine rings is 1. The Morgan fingerprint density at radius 3 is 2.76 bits per heavy atom. The average Bonchev–Trinajstić information content (AvgIpc) is 2.47. The number of rotatable bonds is 6. The average molecular weight is 323 g/mol. The van der Waals surface area contributed by atoms with Gasteiger partial charge in [0.2, 0.25) is 0 Å². The lowest BCUT2D eigenvalue weighted by Gasteiger charge is -2.20. The van der Waals surface area contributed by atoms with Crippen LogP contribution in [0.4, 0.5) is 0 Å². The van der Waals surface area contributed by atoms with Crippen LogP contribution in [0.2, 0.25) is 10.0 Å². The van der Waals surface area contributed by atoms with E-state index in [9.17, 15) is 0 Å². The smallest absolute Gasteiger partial charge is 0.0624 e. The fourth-order valence-electron chi connectivity index (χ4n) is 2.32. The molecule has 0 amide bonds. The number of benzene rings is 1. The summed E-state index contributed by atoms with van der Waals surface area (Å²) in [5.74, 6) is 0. The Balaban J connectivity index is 2.26. The Labute approximate surface area is 136 Å². The maximum atomic E-state index is 6.31. The van der Waals surface area contributed by atoms with Gasteiger partial charge in [-0.15, -0.1) is 0 Å². The van der Waals surface area contributed by atoms with Gasteiger partial charge in [-0.25, -0.2) is 0 Å². The van der Waals surface area contributed by atoms with Crippen LogP contribution in [0.25, 0.3) is 0 Å². The third kappa shape index (κ3) is 4.44. The topological polar surface area (TPSA) is 24.9 Å². The standard InChI is InChI=1S/C17H20Cl2N2/c1-3-7-21-16(14-8-12(2)10-20-11-14)9-13-5-4-6-15(18)17(13)19/h4-6,8,10-11,16,21H,3,7,9H2,1-2H3. The van der Waals surface area contributed by atoms with Crippen LogP contribution in [-0.2, 0) is 6.42 Å². The summed E-state index contributed by atoms with van der Waals surface area (Å²) in [5.41, 5.74) is 3.40. The van der Waals surface area contributed by atoms with Crippen LogP contribution in [0.3, 0.4) is 0 Å². The molecule has 0 aliphatic rings. The molecule has 0 spiro atoms. The first kappa shape index (κ1) is 16.3. The molecule has 1 aromatic carbocycles. The second-order valence-electron chi connectivity index (χ2n) is 5.22. The van der Waals surface area contributed by atoms with E-state index in [4.69, 9.17) is 23.2 Å². The van der Waals surface area contributed by atoms with Crippen LogP contribution in [0, 0.1) is 6.92 Å². The summed E-state index contributed by atoms with van der Waals surface area (Å²) in [5, 5.41) is 4.81. The molecule has 4 heteroatoms. The summed E-state index contributed by atoms with van der Waals surface area (Å²) < 4.78 is 0. The Bertz CT molecular complexity index is 599. The van der Waals surface area contributed by atoms with Crippen molar-refractivity contribution >= 4 is 23.2 Å². The fraction of sp³-hybridized carbons (Fsp3) is 0.353. The lowest BCUT2D eigenvalue weighted by Crippen LogP contribution is -2.24. The predicted molar refractivity (Wildman–Crippen MR) is 90.2 cm³/mol. The first-order valence-electron chi connectivity index (χ1n) is 7.19. The second-order valence-corrected chi connectivity index (χ2v) is 6.00. The Morgan fingerprint density at radius 1 is 1.24 bits per heavy atom. The molecule has 2 aromatic rings. The minimum atomic E-state index is 0.188. The normalized spacial score (nSPS) is 12.4. The Morgan fingerprint density at radius 2 is 2.05 bits per heavy atom. The second kappa shape index (κ2) is 7.79. The van der Waals surface area contributed by atoms with E-state index in [2.05, 4.69) is 30.2 Å². The minimum Gasteiger partial charge on any atom is -0.310 e. The molecular weight excluding hydrogens is 303 g/mol. The number of hydrogen-bond donors (Lipinski definition) is 1. The van der Waals surface area contributed by atoms with E-state index in [-0.39, 0.29) is 6.04 Å². The monoisotopic (exact) mass is 322 g/mol. The zero-order valence-electron chi connectivity index (χ0n) is 12.4. The van der Waals surface area contributed by atoms with Gasteiger partial charge in [0.1, 0.15) is 0 Å². The largest absolute Gasteiger partial charge is 0.310 e. The summed E-state index contributed by atoms with van der Waals surface area (Å²) in [6.45, 7) is 5.17. The Hall–Kier alpha value is -1.09. The predicted octanol–water partition coefficient (Wildman–Crippen LogP) is 4.98. The van der Waals surface area contributed by atoms with E-state index in [0.29, 0.717) is 10.0 Å². The summed E-state index contributed by atoms with van der Waals surface area (Å²) in [7, 11) is 0.